The average molecular weight is 665 g/mol. The summed E-state index contributed by atoms with van der Waals surface area (Å²) in [7, 11) is 2.19. The molecule has 0 saturated carbocycles. The zero-order valence-electron chi connectivity index (χ0n) is 23.5. The number of nitrogens with one attached hydrogen (secondary N) is 1. The molecule has 2 aliphatic heterocycles. The molecule has 0 aromatic carbocycles. The molecule has 3 atom stereocenters. The Balaban J connectivity index is 1.38. The predicted octanol–water partition coefficient (Wildman–Crippen LogP) is 5.27. The summed E-state index contributed by atoms with van der Waals surface area (Å²) in [6.45, 7) is 9.12. The van der Waals surface area contributed by atoms with Crippen LogP contribution in [0.2, 0.25) is 0 Å². The smallest absolute Gasteiger partial charge is 0.313 e. The molecule has 8 nitrogen and oxygen atoms in total. The molecule has 1 unspecified atom stereocenters. The number of carbonyl (C=O) groups excluding carboxylic acids is 2. The number of amides is 2. The van der Waals surface area contributed by atoms with Gasteiger partial charge in [-0.05, 0) is 89.2 Å². The van der Waals surface area contributed by atoms with Crippen molar-refractivity contribution >= 4 is 63.3 Å². The van der Waals surface area contributed by atoms with Crippen LogP contribution < -0.4 is 11.1 Å². The fraction of sp³-hybridized carbons (Fsp3) is 0.586. The molecule has 39 heavy (non-hydrogen) atoms. The van der Waals surface area contributed by atoms with Gasteiger partial charge in [0.25, 0.3) is 0 Å². The van der Waals surface area contributed by atoms with Crippen LogP contribution in [0.3, 0.4) is 0 Å². The number of hydrogen-bond acceptors (Lipinski definition) is 7. The highest BCUT2D eigenvalue weighted by molar-refractivity contribution is 14.1. The van der Waals surface area contributed by atoms with E-state index in [1.165, 1.54) is 28.9 Å². The number of nitrogens with zero attached hydrogens (tertiary/aromatic N) is 4. The molecule has 2 aromatic heterocycles. The summed E-state index contributed by atoms with van der Waals surface area (Å²) in [5.74, 6) is 0.264. The van der Waals surface area contributed by atoms with E-state index in [4.69, 9.17) is 10.7 Å². The van der Waals surface area contributed by atoms with Crippen molar-refractivity contribution in [1.29, 1.82) is 0 Å². The van der Waals surface area contributed by atoms with Gasteiger partial charge in [0.1, 0.15) is 5.82 Å². The van der Waals surface area contributed by atoms with Crippen molar-refractivity contribution in [1.82, 2.24) is 19.8 Å². The third-order valence-electron chi connectivity index (χ3n) is 7.93. The van der Waals surface area contributed by atoms with Gasteiger partial charge in [-0.1, -0.05) is 42.5 Å². The van der Waals surface area contributed by atoms with Crippen molar-refractivity contribution < 1.29 is 9.59 Å². The molecule has 0 radical (unpaired) electrons. The number of alkyl halides is 1. The molecule has 10 heteroatoms. The third-order valence-corrected chi connectivity index (χ3v) is 10.4. The first-order valence-electron chi connectivity index (χ1n) is 14.0. The van der Waals surface area contributed by atoms with Gasteiger partial charge in [0, 0.05) is 27.3 Å². The summed E-state index contributed by atoms with van der Waals surface area (Å²) >= 11 is 4.28. The second-order valence-electron chi connectivity index (χ2n) is 11.0. The number of hydrogen-bond donors (Lipinski definition) is 2. The Morgan fingerprint density at radius 1 is 1.28 bits per heavy atom. The van der Waals surface area contributed by atoms with Gasteiger partial charge in [0.15, 0.2) is 0 Å². The lowest BCUT2D eigenvalue weighted by Crippen LogP contribution is -2.53. The largest absolute Gasteiger partial charge is 0.383 e. The molecule has 4 heterocycles. The van der Waals surface area contributed by atoms with E-state index in [2.05, 4.69) is 70.8 Å². The van der Waals surface area contributed by atoms with Crippen molar-refractivity contribution in [2.75, 3.05) is 37.7 Å². The molecule has 212 valence electrons. The van der Waals surface area contributed by atoms with Crippen LogP contribution in [0, 0.1) is 12.8 Å². The number of anilines is 2. The Labute approximate surface area is 250 Å². The third kappa shape index (κ3) is 7.58. The number of rotatable bonds is 7. The normalized spacial score (nSPS) is 21.8. The maximum Gasteiger partial charge on any atom is 0.313 e. The Morgan fingerprint density at radius 3 is 2.74 bits per heavy atom. The number of aryl methyl sites for hydroxylation is 2. The molecule has 2 aromatic rings. The van der Waals surface area contributed by atoms with Gasteiger partial charge < -0.3 is 20.9 Å². The zero-order valence-corrected chi connectivity index (χ0v) is 26.4. The number of halogens is 1. The quantitative estimate of drug-likeness (QED) is 0.238. The number of nitrogens with two attached hydrogens (primary N) is 1. The van der Waals surface area contributed by atoms with Crippen molar-refractivity contribution in [3.8, 4) is 0 Å². The van der Waals surface area contributed by atoms with E-state index in [0.29, 0.717) is 36.3 Å². The summed E-state index contributed by atoms with van der Waals surface area (Å²) in [6, 6.07) is 1.79. The minimum atomic E-state index is -0.624. The van der Waals surface area contributed by atoms with Crippen molar-refractivity contribution in [3.63, 3.8) is 0 Å². The molecule has 2 aliphatic rings. The van der Waals surface area contributed by atoms with Crippen LogP contribution in [0.1, 0.15) is 73.0 Å². The van der Waals surface area contributed by atoms with E-state index < -0.39 is 11.8 Å². The minimum absolute atomic E-state index is 0.00626. The summed E-state index contributed by atoms with van der Waals surface area (Å²) in [4.78, 5) is 40.9. The lowest BCUT2D eigenvalue weighted by Gasteiger charge is -2.40. The number of carbonyl (C=O) groups is 2. The number of aromatic nitrogens is 2. The van der Waals surface area contributed by atoms with Gasteiger partial charge in [-0.25, -0.2) is 9.97 Å². The SMILES string of the molecule is CCc1cc(NC(=O)C(=O)N2C[C@@H](C)CC[C@@H]2C(I)C/C=C/c2nc(C3CCN(C)CC3)sc2C)cnc1N. The van der Waals surface area contributed by atoms with Crippen LogP contribution in [0.5, 0.6) is 0 Å². The molecule has 2 amide bonds. The Morgan fingerprint density at radius 2 is 2.03 bits per heavy atom. The predicted molar refractivity (Wildman–Crippen MR) is 168 cm³/mol. The van der Waals surface area contributed by atoms with E-state index in [0.717, 1.165) is 43.6 Å². The van der Waals surface area contributed by atoms with E-state index >= 15 is 0 Å². The second-order valence-corrected chi connectivity index (χ2v) is 13.8. The minimum Gasteiger partial charge on any atom is -0.383 e. The lowest BCUT2D eigenvalue weighted by atomic mass is 9.91. The fourth-order valence-corrected chi connectivity index (χ4v) is 7.57. The van der Waals surface area contributed by atoms with Gasteiger partial charge in [0.05, 0.1) is 22.6 Å². The van der Waals surface area contributed by atoms with Crippen LogP contribution >= 0.6 is 33.9 Å². The summed E-state index contributed by atoms with van der Waals surface area (Å²) in [6.07, 6.45) is 11.6. The van der Waals surface area contributed by atoms with Crippen LogP contribution in [-0.2, 0) is 16.0 Å². The van der Waals surface area contributed by atoms with E-state index in [1.54, 1.807) is 11.0 Å². The van der Waals surface area contributed by atoms with Gasteiger partial charge in [-0.15, -0.1) is 11.3 Å². The first kappa shape index (κ1) is 29.9. The van der Waals surface area contributed by atoms with E-state index in [1.807, 2.05) is 18.3 Å². The molecule has 3 N–H and O–H groups in total. The van der Waals surface area contributed by atoms with E-state index in [-0.39, 0.29) is 9.97 Å². The molecule has 0 bridgehead atoms. The maximum absolute atomic E-state index is 13.3. The molecule has 2 fully saturated rings. The summed E-state index contributed by atoms with van der Waals surface area (Å²) in [5.41, 5.74) is 8.29. The van der Waals surface area contributed by atoms with Crippen LogP contribution in [0.4, 0.5) is 11.5 Å². The standard InChI is InChI=1S/C29H41IN6O2S/c1-5-20-15-22(16-32-26(20)31)33-27(37)29(38)36-17-18(2)9-10-25(36)23(30)7-6-8-24-19(3)39-28(34-24)21-11-13-35(4)14-12-21/h6,8,15-16,18,21,23,25H,5,7,9-14,17H2,1-4H3,(H2,31,32)(H,33,37)/b8-6+/t18-,23?,25+/m0/s1. The van der Waals surface area contributed by atoms with Crippen molar-refractivity contribution in [2.45, 2.75) is 75.2 Å². The molecular formula is C29H41IN6O2S. The molecule has 0 spiro atoms. The first-order valence-corrected chi connectivity index (χ1v) is 16.0. The average Bonchev–Trinajstić information content (AvgIpc) is 3.29. The van der Waals surface area contributed by atoms with Crippen LogP contribution in [0.15, 0.2) is 18.3 Å². The zero-order chi connectivity index (χ0) is 28.1. The van der Waals surface area contributed by atoms with E-state index in [9.17, 15) is 9.59 Å². The Bertz CT molecular complexity index is 1190. The molecular weight excluding hydrogens is 623 g/mol. The Kier molecular flexibility index (Phi) is 10.4. The van der Waals surface area contributed by atoms with Gasteiger partial charge in [-0.3, -0.25) is 9.59 Å². The van der Waals surface area contributed by atoms with Gasteiger partial charge in [0.2, 0.25) is 0 Å². The summed E-state index contributed by atoms with van der Waals surface area (Å²) < 4.78 is 0.195. The van der Waals surface area contributed by atoms with Crippen LogP contribution in [-0.4, -0.2) is 68.2 Å². The second kappa shape index (κ2) is 13.5. The highest BCUT2D eigenvalue weighted by Crippen LogP contribution is 2.33. The number of nitrogen functional groups attached to an aromatic ring is 1. The lowest BCUT2D eigenvalue weighted by molar-refractivity contribution is -0.146. The summed E-state index contributed by atoms with van der Waals surface area (Å²) in [5, 5.41) is 4.01. The van der Waals surface area contributed by atoms with Gasteiger partial charge in [-0.2, -0.15) is 0 Å². The topological polar surface area (TPSA) is 104 Å². The number of pyridine rings is 1. The maximum atomic E-state index is 13.3. The highest BCUT2D eigenvalue weighted by atomic mass is 127. The molecule has 0 aliphatic carbocycles. The number of piperidine rings is 2. The first-order chi connectivity index (χ1) is 18.7. The fourth-order valence-electron chi connectivity index (χ4n) is 5.45. The monoisotopic (exact) mass is 664 g/mol. The number of thiazole rings is 1. The number of allylic oxidation sites excluding steroid dienone is 1. The van der Waals surface area contributed by atoms with Crippen LogP contribution in [0.25, 0.3) is 6.08 Å². The van der Waals surface area contributed by atoms with Gasteiger partial charge >= 0.3 is 11.8 Å². The number of likely N-dealkylation sites (tertiary alicyclic amines) is 2. The van der Waals surface area contributed by atoms with Crippen molar-refractivity contribution in [2.24, 2.45) is 5.92 Å². The Hall–Kier alpha value is -2.05. The molecule has 4 rings (SSSR count). The van der Waals surface area contributed by atoms with Crippen molar-refractivity contribution in [3.05, 3.63) is 39.5 Å². The molecule has 2 saturated heterocycles. The highest BCUT2D eigenvalue weighted by Gasteiger charge is 2.36.